The molecule has 0 saturated carbocycles. The molecule has 4 heterocycles. The number of carbonyl (C=O) groups is 3. The van der Waals surface area contributed by atoms with Gasteiger partial charge in [0.1, 0.15) is 5.54 Å². The van der Waals surface area contributed by atoms with E-state index in [1.54, 1.807) is 0 Å². The molecule has 3 fully saturated rings. The number of benzene rings is 2. The van der Waals surface area contributed by atoms with Crippen LogP contribution in [0.1, 0.15) is 29.5 Å². The van der Waals surface area contributed by atoms with Gasteiger partial charge in [0.25, 0.3) is 0 Å². The van der Waals surface area contributed by atoms with Crippen LogP contribution in [0.3, 0.4) is 0 Å². The second-order valence-electron chi connectivity index (χ2n) is 8.95. The van der Waals surface area contributed by atoms with Crippen LogP contribution in [0.4, 0.5) is 11.4 Å². The third kappa shape index (κ3) is 1.90. The molecule has 3 saturated heterocycles. The summed E-state index contributed by atoms with van der Waals surface area (Å²) in [6, 6.07) is 13.2. The molecule has 30 heavy (non-hydrogen) atoms. The van der Waals surface area contributed by atoms with Crippen molar-refractivity contribution in [3.63, 3.8) is 0 Å². The number of nitrogens with zero attached hydrogens (tertiary/aromatic N) is 2. The van der Waals surface area contributed by atoms with Crippen molar-refractivity contribution >= 4 is 29.1 Å². The summed E-state index contributed by atoms with van der Waals surface area (Å²) in [6.07, 6.45) is 1.76. The molecular weight excluding hydrogens is 378 g/mol. The van der Waals surface area contributed by atoms with Crippen LogP contribution in [-0.4, -0.2) is 35.2 Å². The molecule has 0 aliphatic carbocycles. The monoisotopic (exact) mass is 401 g/mol. The van der Waals surface area contributed by atoms with Crippen LogP contribution in [-0.2, 0) is 19.9 Å². The van der Waals surface area contributed by atoms with Crippen molar-refractivity contribution in [3.8, 4) is 0 Å². The predicted octanol–water partition coefficient (Wildman–Crippen LogP) is 2.73. The number of para-hydroxylation sites is 1. The highest BCUT2D eigenvalue weighted by Crippen LogP contribution is 2.60. The quantitative estimate of drug-likeness (QED) is 0.746. The fourth-order valence-electron chi connectivity index (χ4n) is 6.28. The minimum atomic E-state index is -1.09. The minimum Gasteiger partial charge on any atom is -0.324 e. The first kappa shape index (κ1) is 17.8. The lowest BCUT2D eigenvalue weighted by Gasteiger charge is -2.36. The topological polar surface area (TPSA) is 69.7 Å². The lowest BCUT2D eigenvalue weighted by molar-refractivity contribution is -0.135. The maximum atomic E-state index is 13.8. The number of aryl methyl sites for hydroxylation is 2. The zero-order valence-corrected chi connectivity index (χ0v) is 17.0. The highest BCUT2D eigenvalue weighted by molar-refractivity contribution is 6.25. The number of anilines is 2. The van der Waals surface area contributed by atoms with Gasteiger partial charge in [-0.3, -0.25) is 19.3 Å². The van der Waals surface area contributed by atoms with E-state index in [0.29, 0.717) is 5.69 Å². The Hall–Kier alpha value is -2.99. The number of hydrogen-bond donors (Lipinski definition) is 1. The Balaban J connectivity index is 1.55. The van der Waals surface area contributed by atoms with Crippen LogP contribution >= 0.6 is 0 Å². The molecule has 0 radical (unpaired) electrons. The molecule has 6 heteroatoms. The maximum absolute atomic E-state index is 13.8. The summed E-state index contributed by atoms with van der Waals surface area (Å²) in [6.45, 7) is 4.71. The first-order chi connectivity index (χ1) is 14.5. The van der Waals surface area contributed by atoms with Gasteiger partial charge >= 0.3 is 0 Å². The number of nitrogens with one attached hydrogen (secondary N) is 1. The van der Waals surface area contributed by atoms with Crippen LogP contribution in [0, 0.1) is 25.7 Å². The molecule has 1 N–H and O–H groups in total. The van der Waals surface area contributed by atoms with E-state index in [4.69, 9.17) is 0 Å². The van der Waals surface area contributed by atoms with Crippen LogP contribution < -0.4 is 10.2 Å². The first-order valence-corrected chi connectivity index (χ1v) is 10.6. The third-order valence-electron chi connectivity index (χ3n) is 7.65. The van der Waals surface area contributed by atoms with Gasteiger partial charge in [-0.1, -0.05) is 24.3 Å². The van der Waals surface area contributed by atoms with Crippen molar-refractivity contribution in [2.24, 2.45) is 11.8 Å². The number of rotatable bonds is 1. The van der Waals surface area contributed by atoms with Crippen molar-refractivity contribution in [1.82, 2.24) is 4.90 Å². The van der Waals surface area contributed by atoms with Gasteiger partial charge in [0.2, 0.25) is 17.7 Å². The van der Waals surface area contributed by atoms with Gasteiger partial charge in [-0.05, 0) is 62.6 Å². The van der Waals surface area contributed by atoms with Crippen molar-refractivity contribution in [1.29, 1.82) is 0 Å². The molecule has 4 aliphatic rings. The number of amides is 3. The number of hydrogen-bond acceptors (Lipinski definition) is 4. The van der Waals surface area contributed by atoms with Crippen LogP contribution in [0.5, 0.6) is 0 Å². The van der Waals surface area contributed by atoms with Gasteiger partial charge in [-0.25, -0.2) is 4.90 Å². The van der Waals surface area contributed by atoms with Crippen LogP contribution in [0.15, 0.2) is 42.5 Å². The first-order valence-electron chi connectivity index (χ1n) is 10.6. The molecule has 0 aromatic heterocycles. The van der Waals surface area contributed by atoms with Crippen molar-refractivity contribution in [2.45, 2.75) is 38.3 Å². The zero-order chi connectivity index (χ0) is 20.8. The molecule has 2 aromatic carbocycles. The van der Waals surface area contributed by atoms with Gasteiger partial charge in [0, 0.05) is 17.3 Å². The van der Waals surface area contributed by atoms with Crippen LogP contribution in [0.25, 0.3) is 0 Å². The van der Waals surface area contributed by atoms with Gasteiger partial charge in [-0.15, -0.1) is 0 Å². The summed E-state index contributed by atoms with van der Waals surface area (Å²) in [4.78, 5) is 44.5. The molecule has 4 unspecified atom stereocenters. The number of carbonyl (C=O) groups excluding carboxylic acids is 3. The smallest absolute Gasteiger partial charge is 0.250 e. The Bertz CT molecular complexity index is 1140. The predicted molar refractivity (Wildman–Crippen MR) is 112 cm³/mol. The largest absolute Gasteiger partial charge is 0.324 e. The molecule has 6 nitrogen and oxygen atoms in total. The summed E-state index contributed by atoms with van der Waals surface area (Å²) >= 11 is 0. The number of fused-ring (bicyclic) bond motifs is 7. The zero-order valence-electron chi connectivity index (χ0n) is 17.0. The van der Waals surface area contributed by atoms with Gasteiger partial charge < -0.3 is 5.32 Å². The van der Waals surface area contributed by atoms with Crippen LogP contribution in [0.2, 0.25) is 0 Å². The Labute approximate surface area is 174 Å². The average Bonchev–Trinajstić information content (AvgIpc) is 3.42. The summed E-state index contributed by atoms with van der Waals surface area (Å²) in [5.41, 5.74) is 3.24. The molecule has 4 atom stereocenters. The van der Waals surface area contributed by atoms with Gasteiger partial charge in [0.05, 0.1) is 17.5 Å². The maximum Gasteiger partial charge on any atom is 0.250 e. The van der Waals surface area contributed by atoms with Crippen molar-refractivity contribution in [3.05, 3.63) is 59.2 Å². The second kappa shape index (κ2) is 5.79. The summed E-state index contributed by atoms with van der Waals surface area (Å²) < 4.78 is 0. The third-order valence-corrected chi connectivity index (χ3v) is 7.65. The Kier molecular flexibility index (Phi) is 3.44. The SMILES string of the molecule is Cc1ccc(N2C(=O)C3C4CCCN4C4(C(=O)Nc5ccccc54)C3C2=O)cc1C. The second-order valence-corrected chi connectivity index (χ2v) is 8.95. The fourth-order valence-corrected chi connectivity index (χ4v) is 6.28. The number of imide groups is 1. The summed E-state index contributed by atoms with van der Waals surface area (Å²) in [5, 5.41) is 3.00. The summed E-state index contributed by atoms with van der Waals surface area (Å²) in [7, 11) is 0. The van der Waals surface area contributed by atoms with E-state index in [9.17, 15) is 14.4 Å². The lowest BCUT2D eigenvalue weighted by Crippen LogP contribution is -2.54. The van der Waals surface area contributed by atoms with Gasteiger partial charge in [-0.2, -0.15) is 0 Å². The summed E-state index contributed by atoms with van der Waals surface area (Å²) in [5.74, 6) is -1.78. The molecule has 1 spiro atoms. The normalized spacial score (nSPS) is 32.0. The highest BCUT2D eigenvalue weighted by Gasteiger charge is 2.74. The van der Waals surface area contributed by atoms with E-state index >= 15 is 0 Å². The highest BCUT2D eigenvalue weighted by atomic mass is 16.2. The van der Waals surface area contributed by atoms with Gasteiger partial charge in [0.15, 0.2) is 0 Å². The fraction of sp³-hybridized carbons (Fsp3) is 0.375. The molecule has 4 aliphatic heterocycles. The van der Waals surface area contributed by atoms with E-state index < -0.39 is 17.4 Å². The Morgan fingerprint density at radius 1 is 1.00 bits per heavy atom. The molecule has 6 rings (SSSR count). The average molecular weight is 401 g/mol. The molecule has 3 amide bonds. The van der Waals surface area contributed by atoms with E-state index in [2.05, 4.69) is 10.2 Å². The van der Waals surface area contributed by atoms with Crippen molar-refractivity contribution in [2.75, 3.05) is 16.8 Å². The molecular formula is C24H23N3O3. The minimum absolute atomic E-state index is 0.0834. The van der Waals surface area contributed by atoms with E-state index in [1.807, 2.05) is 56.3 Å². The Morgan fingerprint density at radius 2 is 1.80 bits per heavy atom. The van der Waals surface area contributed by atoms with Crippen molar-refractivity contribution < 1.29 is 14.4 Å². The van der Waals surface area contributed by atoms with E-state index in [0.717, 1.165) is 41.8 Å². The lowest BCUT2D eigenvalue weighted by atomic mass is 9.75. The molecule has 152 valence electrons. The van der Waals surface area contributed by atoms with E-state index in [1.165, 1.54) is 4.90 Å². The van der Waals surface area contributed by atoms with E-state index in [-0.39, 0.29) is 23.8 Å². The standard InChI is InChI=1S/C24H23N3O3/c1-13-9-10-15(12-14(13)2)27-21(28)19-18-8-5-11-26(18)24(20(19)22(27)29)16-6-3-4-7-17(16)25-23(24)30/h3-4,6-7,9-10,12,18-20H,5,8,11H2,1-2H3,(H,25,30). The molecule has 0 bridgehead atoms. The molecule has 2 aromatic rings. The Morgan fingerprint density at radius 3 is 2.60 bits per heavy atom.